The van der Waals surface area contributed by atoms with Crippen molar-refractivity contribution >= 4 is 34.1 Å². The van der Waals surface area contributed by atoms with E-state index in [4.69, 9.17) is 9.97 Å². The van der Waals surface area contributed by atoms with Gasteiger partial charge in [0.1, 0.15) is 0 Å². The Balaban J connectivity index is 0.00000194. The minimum absolute atomic E-state index is 0. The van der Waals surface area contributed by atoms with Crippen molar-refractivity contribution < 1.29 is 7.65 Å². The van der Waals surface area contributed by atoms with Gasteiger partial charge in [0.05, 0.1) is 11.2 Å². The zero-order valence-corrected chi connectivity index (χ0v) is 22.0. The summed E-state index contributed by atoms with van der Waals surface area (Å²) in [5, 5.41) is 7.42. The van der Waals surface area contributed by atoms with E-state index in [0.29, 0.717) is 11.5 Å². The van der Waals surface area contributed by atoms with E-state index in [1.807, 2.05) is 73.7 Å². The van der Waals surface area contributed by atoms with Crippen LogP contribution in [0.5, 0.6) is 0 Å². The Labute approximate surface area is 231 Å². The summed E-state index contributed by atoms with van der Waals surface area (Å²) < 4.78 is 0. The van der Waals surface area contributed by atoms with Gasteiger partial charge in [-0.25, -0.2) is 9.97 Å². The maximum atomic E-state index is 13.1. The van der Waals surface area contributed by atoms with Crippen molar-refractivity contribution in [2.45, 2.75) is 26.3 Å². The van der Waals surface area contributed by atoms with Gasteiger partial charge in [0.2, 0.25) is 5.95 Å². The number of benzene rings is 4. The molecule has 0 spiro atoms. The SMILES string of the molecule is Cc1ccc(CN2CCCC2)cc1NC(=O)c1ccc(Nc2nc(-c3ccccc3)c3ccccc3n2)cc1.[HH].[HH]. The second-order valence-electron chi connectivity index (χ2n) is 10.1. The summed E-state index contributed by atoms with van der Waals surface area (Å²) in [6.07, 6.45) is 2.53. The fourth-order valence-electron chi connectivity index (χ4n) is 5.08. The first-order valence-electron chi connectivity index (χ1n) is 13.4. The lowest BCUT2D eigenvalue weighted by Crippen LogP contribution is -2.19. The molecule has 1 aromatic heterocycles. The first kappa shape index (κ1) is 24.8. The Kier molecular flexibility index (Phi) is 7.02. The smallest absolute Gasteiger partial charge is 0.255 e. The molecule has 0 bridgehead atoms. The summed E-state index contributed by atoms with van der Waals surface area (Å²) >= 11 is 0. The number of aryl methyl sites for hydroxylation is 1. The number of para-hydroxylation sites is 1. The number of nitrogens with one attached hydrogen (secondary N) is 2. The highest BCUT2D eigenvalue weighted by Crippen LogP contribution is 2.28. The maximum Gasteiger partial charge on any atom is 0.255 e. The molecule has 1 saturated heterocycles. The normalized spacial score (nSPS) is 13.5. The lowest BCUT2D eigenvalue weighted by Gasteiger charge is -2.16. The number of amides is 1. The van der Waals surface area contributed by atoms with Crippen molar-refractivity contribution in [1.29, 1.82) is 0 Å². The number of hydrogen-bond donors (Lipinski definition) is 2. The van der Waals surface area contributed by atoms with Gasteiger partial charge in [-0.05, 0) is 80.4 Å². The Hall–Kier alpha value is -4.55. The Morgan fingerprint density at radius 2 is 1.62 bits per heavy atom. The molecule has 0 aliphatic carbocycles. The molecule has 6 nitrogen and oxygen atoms in total. The first-order valence-corrected chi connectivity index (χ1v) is 13.4. The van der Waals surface area contributed by atoms with Crippen LogP contribution in [0.4, 0.5) is 17.3 Å². The van der Waals surface area contributed by atoms with E-state index in [1.54, 1.807) is 0 Å². The fraction of sp³-hybridized carbons (Fsp3) is 0.182. The van der Waals surface area contributed by atoms with E-state index in [0.717, 1.165) is 58.7 Å². The van der Waals surface area contributed by atoms with E-state index in [1.165, 1.54) is 18.4 Å². The van der Waals surface area contributed by atoms with Gasteiger partial charge in [0.15, 0.2) is 0 Å². The molecular weight excluding hydrogens is 482 g/mol. The molecule has 2 heterocycles. The third-order valence-corrected chi connectivity index (χ3v) is 7.21. The van der Waals surface area contributed by atoms with Gasteiger partial charge >= 0.3 is 0 Å². The van der Waals surface area contributed by atoms with Gasteiger partial charge in [-0.1, -0.05) is 60.7 Å². The molecule has 0 saturated carbocycles. The largest absolute Gasteiger partial charge is 0.324 e. The van der Waals surface area contributed by atoms with Crippen LogP contribution in [0, 0.1) is 6.92 Å². The quantitative estimate of drug-likeness (QED) is 0.232. The number of hydrogen-bond acceptors (Lipinski definition) is 5. The first-order chi connectivity index (χ1) is 19.1. The lowest BCUT2D eigenvalue weighted by molar-refractivity contribution is 0.102. The second-order valence-corrected chi connectivity index (χ2v) is 10.1. The van der Waals surface area contributed by atoms with Gasteiger partial charge < -0.3 is 10.6 Å². The number of rotatable bonds is 7. The highest BCUT2D eigenvalue weighted by atomic mass is 16.1. The zero-order chi connectivity index (χ0) is 26.6. The van der Waals surface area contributed by atoms with E-state index < -0.39 is 0 Å². The molecule has 0 radical (unpaired) electrons. The van der Waals surface area contributed by atoms with Crippen LogP contribution in [0.25, 0.3) is 22.2 Å². The highest BCUT2D eigenvalue weighted by molar-refractivity contribution is 6.05. The molecule has 6 rings (SSSR count). The Bertz CT molecular complexity index is 1620. The second kappa shape index (κ2) is 11.1. The number of fused-ring (bicyclic) bond motifs is 1. The van der Waals surface area contributed by atoms with E-state index in [2.05, 4.69) is 45.9 Å². The van der Waals surface area contributed by atoms with Crippen molar-refractivity contribution in [3.63, 3.8) is 0 Å². The molecule has 2 N–H and O–H groups in total. The van der Waals surface area contributed by atoms with Crippen LogP contribution >= 0.6 is 0 Å². The summed E-state index contributed by atoms with van der Waals surface area (Å²) in [6, 6.07) is 31.9. The van der Waals surface area contributed by atoms with Gasteiger partial charge in [0.25, 0.3) is 5.91 Å². The van der Waals surface area contributed by atoms with E-state index in [9.17, 15) is 4.79 Å². The maximum absolute atomic E-state index is 13.1. The topological polar surface area (TPSA) is 70.2 Å². The molecule has 1 amide bonds. The predicted molar refractivity (Wildman–Crippen MR) is 163 cm³/mol. The monoisotopic (exact) mass is 517 g/mol. The fourth-order valence-corrected chi connectivity index (χ4v) is 5.08. The third-order valence-electron chi connectivity index (χ3n) is 7.21. The summed E-state index contributed by atoms with van der Waals surface area (Å²) in [7, 11) is 0. The number of carbonyl (C=O) groups is 1. The molecule has 5 aromatic rings. The minimum Gasteiger partial charge on any atom is -0.324 e. The van der Waals surface area contributed by atoms with Gasteiger partial charge in [0, 0.05) is 37.3 Å². The van der Waals surface area contributed by atoms with Crippen molar-refractivity contribution in [1.82, 2.24) is 14.9 Å². The molecule has 4 aromatic carbocycles. The summed E-state index contributed by atoms with van der Waals surface area (Å²) in [5.41, 5.74) is 7.31. The average Bonchev–Trinajstić information content (AvgIpc) is 3.48. The van der Waals surface area contributed by atoms with Crippen LogP contribution in [0.3, 0.4) is 0 Å². The van der Waals surface area contributed by atoms with Gasteiger partial charge in [-0.15, -0.1) is 0 Å². The van der Waals surface area contributed by atoms with Crippen LogP contribution in [0.2, 0.25) is 0 Å². The molecule has 0 atom stereocenters. The molecule has 198 valence electrons. The third kappa shape index (κ3) is 5.66. The molecule has 1 aliphatic heterocycles. The molecular formula is C33H35N5O. The van der Waals surface area contributed by atoms with Crippen molar-refractivity contribution in [3.05, 3.63) is 114 Å². The van der Waals surface area contributed by atoms with E-state index in [-0.39, 0.29) is 8.76 Å². The Morgan fingerprint density at radius 3 is 2.41 bits per heavy atom. The predicted octanol–water partition coefficient (Wildman–Crippen LogP) is 7.69. The van der Waals surface area contributed by atoms with Crippen LogP contribution in [0.1, 0.15) is 37.2 Å². The molecule has 1 fully saturated rings. The summed E-state index contributed by atoms with van der Waals surface area (Å²) in [4.78, 5) is 25.1. The number of aromatic nitrogens is 2. The van der Waals surface area contributed by atoms with E-state index >= 15 is 0 Å². The van der Waals surface area contributed by atoms with Gasteiger partial charge in [-0.2, -0.15) is 0 Å². The molecule has 0 unspecified atom stereocenters. The molecule has 39 heavy (non-hydrogen) atoms. The Morgan fingerprint density at radius 1 is 0.872 bits per heavy atom. The zero-order valence-electron chi connectivity index (χ0n) is 22.0. The minimum atomic E-state index is -0.128. The van der Waals surface area contributed by atoms with Crippen molar-refractivity contribution in [3.8, 4) is 11.3 Å². The summed E-state index contributed by atoms with van der Waals surface area (Å²) in [6.45, 7) is 5.24. The van der Waals surface area contributed by atoms with Gasteiger partial charge in [-0.3, -0.25) is 9.69 Å². The number of nitrogens with zero attached hydrogens (tertiary/aromatic N) is 3. The van der Waals surface area contributed by atoms with Crippen LogP contribution in [0.15, 0.2) is 97.1 Å². The average molecular weight is 518 g/mol. The van der Waals surface area contributed by atoms with Crippen LogP contribution < -0.4 is 10.6 Å². The highest BCUT2D eigenvalue weighted by Gasteiger charge is 2.14. The molecule has 6 heteroatoms. The number of anilines is 3. The van der Waals surface area contributed by atoms with Crippen molar-refractivity contribution in [2.24, 2.45) is 0 Å². The summed E-state index contributed by atoms with van der Waals surface area (Å²) in [5.74, 6) is 0.381. The standard InChI is InChI=1S/C33H31N5O.2H2/c1-23-13-14-24(22-38-19-7-8-20-38)21-30(23)35-32(39)26-15-17-27(18-16-26)34-33-36-29-12-6-5-11-28(29)31(37-33)25-9-3-2-4-10-25;;/h2-6,9-18,21H,7-8,19-20,22H2,1H3,(H,35,39)(H,34,36,37);2*1H. The van der Waals surface area contributed by atoms with Crippen LogP contribution in [-0.2, 0) is 6.54 Å². The van der Waals surface area contributed by atoms with Crippen LogP contribution in [-0.4, -0.2) is 33.9 Å². The number of carbonyl (C=O) groups excluding carboxylic acids is 1. The van der Waals surface area contributed by atoms with Crippen molar-refractivity contribution in [2.75, 3.05) is 23.7 Å². The number of likely N-dealkylation sites (tertiary alicyclic amines) is 1. The molecule has 1 aliphatic rings. The lowest BCUT2D eigenvalue weighted by atomic mass is 10.1.